The Labute approximate surface area is 158 Å². The number of nitrogens with one attached hydrogen (secondary N) is 1. The number of likely N-dealkylation sites (tertiary alicyclic amines) is 1. The Hall–Kier alpha value is -1.31. The van der Waals surface area contributed by atoms with Gasteiger partial charge in [-0.15, -0.1) is 10.2 Å². The van der Waals surface area contributed by atoms with Gasteiger partial charge in [-0.05, 0) is 51.9 Å². The summed E-state index contributed by atoms with van der Waals surface area (Å²) >= 11 is 3.41. The zero-order chi connectivity index (χ0) is 17.5. The first kappa shape index (κ1) is 18.5. The van der Waals surface area contributed by atoms with E-state index in [1.54, 1.807) is 11.3 Å². The summed E-state index contributed by atoms with van der Waals surface area (Å²) in [6.07, 6.45) is 5.26. The smallest absolute Gasteiger partial charge is 0.210 e. The molecule has 2 heterocycles. The van der Waals surface area contributed by atoms with Crippen molar-refractivity contribution in [2.24, 2.45) is 0 Å². The van der Waals surface area contributed by atoms with Crippen molar-refractivity contribution in [2.45, 2.75) is 43.0 Å². The molecule has 1 aliphatic heterocycles. The Morgan fingerprint density at radius 2 is 2.20 bits per heavy atom. The van der Waals surface area contributed by atoms with E-state index in [0.29, 0.717) is 6.61 Å². The summed E-state index contributed by atoms with van der Waals surface area (Å²) in [7, 11) is 2.25. The van der Waals surface area contributed by atoms with Gasteiger partial charge in [-0.25, -0.2) is 0 Å². The molecule has 1 N–H and O–H groups in total. The number of piperidine rings is 1. The molecule has 0 spiro atoms. The summed E-state index contributed by atoms with van der Waals surface area (Å²) in [5.74, 6) is 1.94. The van der Waals surface area contributed by atoms with Crippen LogP contribution in [0.3, 0.4) is 0 Å². The summed E-state index contributed by atoms with van der Waals surface area (Å²) in [5.41, 5.74) is 0.931. The molecule has 1 aromatic carbocycles. The quantitative estimate of drug-likeness (QED) is 0.675. The number of benzene rings is 1. The predicted molar refractivity (Wildman–Crippen MR) is 106 cm³/mol. The minimum atomic E-state index is 0.644. The van der Waals surface area contributed by atoms with E-state index in [1.807, 2.05) is 43.0 Å². The maximum atomic E-state index is 5.64. The first-order valence-corrected chi connectivity index (χ1v) is 10.7. The van der Waals surface area contributed by atoms with E-state index in [-0.39, 0.29) is 0 Å². The van der Waals surface area contributed by atoms with Gasteiger partial charge in [0.05, 0.1) is 12.3 Å². The predicted octanol–water partition coefficient (Wildman–Crippen LogP) is 4.65. The van der Waals surface area contributed by atoms with Crippen molar-refractivity contribution in [3.05, 3.63) is 24.3 Å². The Morgan fingerprint density at radius 3 is 3.04 bits per heavy atom. The van der Waals surface area contributed by atoms with Crippen LogP contribution in [0.2, 0.25) is 0 Å². The minimum Gasteiger partial charge on any atom is -0.492 e. The largest absolute Gasteiger partial charge is 0.492 e. The van der Waals surface area contributed by atoms with Gasteiger partial charge in [0.2, 0.25) is 5.13 Å². The van der Waals surface area contributed by atoms with E-state index in [0.717, 1.165) is 32.7 Å². The van der Waals surface area contributed by atoms with Gasteiger partial charge in [0.1, 0.15) is 5.75 Å². The van der Waals surface area contributed by atoms with Crippen LogP contribution in [0.1, 0.15) is 32.6 Å². The Morgan fingerprint density at radius 1 is 1.32 bits per heavy atom. The highest BCUT2D eigenvalue weighted by molar-refractivity contribution is 8.01. The van der Waals surface area contributed by atoms with Crippen LogP contribution < -0.4 is 10.1 Å². The number of anilines is 2. The van der Waals surface area contributed by atoms with Crippen molar-refractivity contribution in [3.63, 3.8) is 0 Å². The van der Waals surface area contributed by atoms with Crippen molar-refractivity contribution in [2.75, 3.05) is 31.3 Å². The van der Waals surface area contributed by atoms with Gasteiger partial charge < -0.3 is 15.0 Å². The van der Waals surface area contributed by atoms with Gasteiger partial charge in [0.25, 0.3) is 0 Å². The normalized spacial score (nSPS) is 18.2. The third kappa shape index (κ3) is 5.33. The van der Waals surface area contributed by atoms with Crippen molar-refractivity contribution in [1.82, 2.24) is 15.1 Å². The molecule has 136 valence electrons. The molecule has 1 aromatic heterocycles. The molecule has 1 unspecified atom stereocenters. The van der Waals surface area contributed by atoms with Gasteiger partial charge in [0.15, 0.2) is 4.34 Å². The first-order chi connectivity index (χ1) is 12.3. The highest BCUT2D eigenvalue weighted by Crippen LogP contribution is 2.32. The monoisotopic (exact) mass is 378 g/mol. The lowest BCUT2D eigenvalue weighted by Gasteiger charge is -2.32. The van der Waals surface area contributed by atoms with Gasteiger partial charge in [-0.3, -0.25) is 0 Å². The average Bonchev–Trinajstić information content (AvgIpc) is 3.06. The lowest BCUT2D eigenvalue weighted by Crippen LogP contribution is -2.36. The van der Waals surface area contributed by atoms with Crippen molar-refractivity contribution in [1.29, 1.82) is 0 Å². The third-order valence-electron chi connectivity index (χ3n) is 4.43. The van der Waals surface area contributed by atoms with Crippen LogP contribution in [0, 0.1) is 0 Å². The molecule has 0 bridgehead atoms. The Kier molecular flexibility index (Phi) is 6.95. The highest BCUT2D eigenvalue weighted by atomic mass is 32.2. The van der Waals surface area contributed by atoms with E-state index in [1.165, 1.54) is 32.2 Å². The van der Waals surface area contributed by atoms with Gasteiger partial charge in [0, 0.05) is 11.8 Å². The number of hydrogen-bond donors (Lipinski definition) is 1. The van der Waals surface area contributed by atoms with E-state index >= 15 is 0 Å². The molecule has 1 fully saturated rings. The topological polar surface area (TPSA) is 50.3 Å². The Balaban J connectivity index is 1.51. The van der Waals surface area contributed by atoms with E-state index < -0.39 is 0 Å². The third-order valence-corrected chi connectivity index (χ3v) is 6.44. The molecule has 0 saturated carbocycles. The lowest BCUT2D eigenvalue weighted by atomic mass is 10.0. The van der Waals surface area contributed by atoms with Crippen LogP contribution >= 0.6 is 23.1 Å². The molecule has 25 heavy (non-hydrogen) atoms. The molecule has 3 rings (SSSR count). The maximum Gasteiger partial charge on any atom is 0.210 e. The lowest BCUT2D eigenvalue weighted by molar-refractivity contribution is 0.182. The molecule has 0 radical (unpaired) electrons. The summed E-state index contributed by atoms with van der Waals surface area (Å²) in [5, 5.41) is 12.7. The van der Waals surface area contributed by atoms with Crippen molar-refractivity contribution < 1.29 is 4.74 Å². The fraction of sp³-hybridized carbons (Fsp3) is 0.556. The standard InChI is InChI=1S/C18H26N4OS2/c1-3-23-16-10-5-4-9-15(16)19-17-20-21-18(25-17)24-13-11-14-8-6-7-12-22(14)2/h4-5,9-10,14H,3,6-8,11-13H2,1-2H3,(H,19,20). The van der Waals surface area contributed by atoms with Crippen LogP contribution in [0.25, 0.3) is 0 Å². The van der Waals surface area contributed by atoms with Gasteiger partial charge >= 0.3 is 0 Å². The minimum absolute atomic E-state index is 0.644. The number of nitrogens with zero attached hydrogens (tertiary/aromatic N) is 3. The second-order valence-corrected chi connectivity index (χ2v) is 8.51. The van der Waals surface area contributed by atoms with Gasteiger partial charge in [-0.1, -0.05) is 41.7 Å². The van der Waals surface area contributed by atoms with E-state index in [4.69, 9.17) is 4.74 Å². The van der Waals surface area contributed by atoms with Crippen LogP contribution in [0.15, 0.2) is 28.6 Å². The van der Waals surface area contributed by atoms with Crippen LogP contribution in [0.5, 0.6) is 5.75 Å². The van der Waals surface area contributed by atoms with Crippen LogP contribution in [-0.4, -0.2) is 47.1 Å². The second kappa shape index (κ2) is 9.40. The summed E-state index contributed by atoms with van der Waals surface area (Å²) in [6, 6.07) is 8.65. The van der Waals surface area contributed by atoms with Crippen molar-refractivity contribution in [3.8, 4) is 5.75 Å². The molecular weight excluding hydrogens is 352 g/mol. The molecule has 1 atom stereocenters. The number of para-hydroxylation sites is 2. The zero-order valence-electron chi connectivity index (χ0n) is 14.9. The maximum absolute atomic E-state index is 5.64. The number of ether oxygens (including phenoxy) is 1. The highest BCUT2D eigenvalue weighted by Gasteiger charge is 2.18. The molecular formula is C18H26N4OS2. The van der Waals surface area contributed by atoms with Crippen LogP contribution in [-0.2, 0) is 0 Å². The van der Waals surface area contributed by atoms with Crippen LogP contribution in [0.4, 0.5) is 10.8 Å². The van der Waals surface area contributed by atoms with Crippen molar-refractivity contribution >= 4 is 33.9 Å². The second-order valence-electron chi connectivity index (χ2n) is 6.19. The SMILES string of the molecule is CCOc1ccccc1Nc1nnc(SCCC2CCCCN2C)s1. The molecule has 0 aliphatic carbocycles. The number of thioether (sulfide) groups is 1. The molecule has 0 amide bonds. The fourth-order valence-electron chi connectivity index (χ4n) is 3.08. The summed E-state index contributed by atoms with van der Waals surface area (Å²) in [6.45, 7) is 3.87. The molecule has 5 nitrogen and oxygen atoms in total. The summed E-state index contributed by atoms with van der Waals surface area (Å²) < 4.78 is 6.67. The van der Waals surface area contributed by atoms with E-state index in [2.05, 4.69) is 27.5 Å². The number of aromatic nitrogens is 2. The molecule has 1 aliphatic rings. The summed E-state index contributed by atoms with van der Waals surface area (Å²) in [4.78, 5) is 2.50. The van der Waals surface area contributed by atoms with Gasteiger partial charge in [-0.2, -0.15) is 0 Å². The average molecular weight is 379 g/mol. The Bertz CT molecular complexity index is 664. The zero-order valence-corrected chi connectivity index (χ0v) is 16.5. The first-order valence-electron chi connectivity index (χ1n) is 8.91. The molecule has 7 heteroatoms. The number of hydrogen-bond acceptors (Lipinski definition) is 7. The fourth-order valence-corrected chi connectivity index (χ4v) is 4.95. The molecule has 1 saturated heterocycles. The number of rotatable bonds is 8. The van der Waals surface area contributed by atoms with E-state index in [9.17, 15) is 0 Å². The molecule has 2 aromatic rings.